The van der Waals surface area contributed by atoms with Crippen LogP contribution in [0.1, 0.15) is 23.3 Å². The zero-order chi connectivity index (χ0) is 14.7. The minimum absolute atomic E-state index is 0.168. The minimum Gasteiger partial charge on any atom is -0.371 e. The third kappa shape index (κ3) is 3.53. The second-order valence-corrected chi connectivity index (χ2v) is 6.30. The first-order valence-corrected chi connectivity index (χ1v) is 8.08. The lowest BCUT2D eigenvalue weighted by molar-refractivity contribution is 0.102. The lowest BCUT2D eigenvalue weighted by Gasteiger charge is -2.17. The number of carbonyl (C=O) groups is 1. The van der Waals surface area contributed by atoms with Gasteiger partial charge < -0.3 is 10.2 Å². The van der Waals surface area contributed by atoms with Gasteiger partial charge in [0, 0.05) is 34.2 Å². The molecule has 0 unspecified atom stereocenters. The van der Waals surface area contributed by atoms with Gasteiger partial charge in [0.2, 0.25) is 0 Å². The molecule has 2 heterocycles. The first-order chi connectivity index (χ1) is 10.2. The number of aromatic nitrogens is 1. The van der Waals surface area contributed by atoms with E-state index in [-0.39, 0.29) is 5.91 Å². The first-order valence-electron chi connectivity index (χ1n) is 7.00. The first kappa shape index (κ1) is 14.3. The summed E-state index contributed by atoms with van der Waals surface area (Å²) in [6, 6.07) is 11.6. The van der Waals surface area contributed by atoms with E-state index in [2.05, 4.69) is 37.8 Å². The predicted molar refractivity (Wildman–Crippen MR) is 92.8 cm³/mol. The highest BCUT2D eigenvalue weighted by molar-refractivity contribution is 14.1. The number of carbonyl (C=O) groups excluding carboxylic acids is 1. The maximum absolute atomic E-state index is 12.3. The van der Waals surface area contributed by atoms with E-state index in [1.807, 2.05) is 36.4 Å². The zero-order valence-corrected chi connectivity index (χ0v) is 13.7. The average molecular weight is 393 g/mol. The van der Waals surface area contributed by atoms with Crippen molar-refractivity contribution in [2.24, 2.45) is 0 Å². The summed E-state index contributed by atoms with van der Waals surface area (Å²) >= 11 is 2.22. The standard InChI is InChI=1S/C16H16IN3O/c17-12-4-3-5-13(10-12)19-16(21)15-11-14(6-7-18-15)20-8-1-2-9-20/h3-7,10-11H,1-2,8-9H2,(H,19,21). The van der Waals surface area contributed by atoms with Gasteiger partial charge in [-0.3, -0.25) is 9.78 Å². The molecule has 1 amide bonds. The summed E-state index contributed by atoms with van der Waals surface area (Å²) in [5, 5.41) is 2.89. The molecule has 0 radical (unpaired) electrons. The highest BCUT2D eigenvalue weighted by Crippen LogP contribution is 2.20. The van der Waals surface area contributed by atoms with E-state index in [4.69, 9.17) is 0 Å². The number of hydrogen-bond acceptors (Lipinski definition) is 3. The van der Waals surface area contributed by atoms with Gasteiger partial charge in [0.15, 0.2) is 0 Å². The van der Waals surface area contributed by atoms with Crippen LogP contribution in [0.15, 0.2) is 42.6 Å². The van der Waals surface area contributed by atoms with E-state index in [0.717, 1.165) is 28.0 Å². The number of halogens is 1. The van der Waals surface area contributed by atoms with Crippen LogP contribution in [-0.2, 0) is 0 Å². The monoisotopic (exact) mass is 393 g/mol. The number of nitrogens with one attached hydrogen (secondary N) is 1. The predicted octanol–water partition coefficient (Wildman–Crippen LogP) is 3.54. The lowest BCUT2D eigenvalue weighted by Crippen LogP contribution is -2.19. The Labute approximate surface area is 137 Å². The fourth-order valence-electron chi connectivity index (χ4n) is 2.48. The molecule has 4 nitrogen and oxygen atoms in total. The van der Waals surface area contributed by atoms with Crippen molar-refractivity contribution >= 4 is 39.9 Å². The molecule has 0 aliphatic carbocycles. The molecule has 0 saturated carbocycles. The van der Waals surface area contributed by atoms with E-state index in [1.165, 1.54) is 12.8 Å². The molecule has 1 aliphatic rings. The van der Waals surface area contributed by atoms with E-state index < -0.39 is 0 Å². The number of pyridine rings is 1. The Morgan fingerprint density at radius 2 is 2.00 bits per heavy atom. The van der Waals surface area contributed by atoms with Crippen molar-refractivity contribution in [2.75, 3.05) is 23.3 Å². The molecule has 108 valence electrons. The van der Waals surface area contributed by atoms with Gasteiger partial charge >= 0.3 is 0 Å². The van der Waals surface area contributed by atoms with E-state index in [0.29, 0.717) is 5.69 Å². The summed E-state index contributed by atoms with van der Waals surface area (Å²) in [4.78, 5) is 18.8. The average Bonchev–Trinajstić information content (AvgIpc) is 3.02. The number of amides is 1. The van der Waals surface area contributed by atoms with Crippen LogP contribution in [0, 0.1) is 3.57 Å². The smallest absolute Gasteiger partial charge is 0.274 e. The van der Waals surface area contributed by atoms with E-state index in [9.17, 15) is 4.79 Å². The van der Waals surface area contributed by atoms with Crippen molar-refractivity contribution in [1.29, 1.82) is 0 Å². The van der Waals surface area contributed by atoms with Crippen molar-refractivity contribution in [3.05, 3.63) is 51.9 Å². The van der Waals surface area contributed by atoms with Crippen LogP contribution >= 0.6 is 22.6 Å². The largest absolute Gasteiger partial charge is 0.371 e. The summed E-state index contributed by atoms with van der Waals surface area (Å²) in [6.07, 6.45) is 4.13. The van der Waals surface area contributed by atoms with Crippen LogP contribution in [0.4, 0.5) is 11.4 Å². The number of nitrogens with zero attached hydrogens (tertiary/aromatic N) is 2. The summed E-state index contributed by atoms with van der Waals surface area (Å²) in [5.41, 5.74) is 2.33. The van der Waals surface area contributed by atoms with Crippen LogP contribution in [0.25, 0.3) is 0 Å². The Hall–Kier alpha value is -1.63. The molecule has 1 fully saturated rings. The van der Waals surface area contributed by atoms with Crippen LogP contribution in [0.3, 0.4) is 0 Å². The highest BCUT2D eigenvalue weighted by atomic mass is 127. The van der Waals surface area contributed by atoms with E-state index >= 15 is 0 Å². The number of benzene rings is 1. The third-order valence-electron chi connectivity index (χ3n) is 3.53. The molecular weight excluding hydrogens is 377 g/mol. The molecule has 5 heteroatoms. The maximum Gasteiger partial charge on any atom is 0.274 e. The molecule has 1 N–H and O–H groups in total. The third-order valence-corrected chi connectivity index (χ3v) is 4.20. The van der Waals surface area contributed by atoms with Crippen molar-refractivity contribution in [2.45, 2.75) is 12.8 Å². The Balaban J connectivity index is 1.76. The molecule has 2 aromatic rings. The topological polar surface area (TPSA) is 45.2 Å². The lowest BCUT2D eigenvalue weighted by atomic mass is 10.2. The van der Waals surface area contributed by atoms with Crippen LogP contribution in [0.2, 0.25) is 0 Å². The molecule has 1 aromatic heterocycles. The summed E-state index contributed by atoms with van der Waals surface area (Å²) in [6.45, 7) is 2.11. The van der Waals surface area contributed by atoms with Crippen molar-refractivity contribution in [3.8, 4) is 0 Å². The quantitative estimate of drug-likeness (QED) is 0.812. The Bertz CT molecular complexity index is 653. The molecule has 3 rings (SSSR count). The van der Waals surface area contributed by atoms with Gasteiger partial charge in [0.05, 0.1) is 0 Å². The fraction of sp³-hybridized carbons (Fsp3) is 0.250. The summed E-state index contributed by atoms with van der Waals surface area (Å²) in [7, 11) is 0. The summed E-state index contributed by atoms with van der Waals surface area (Å²) < 4.78 is 1.09. The van der Waals surface area contributed by atoms with Crippen molar-refractivity contribution in [3.63, 3.8) is 0 Å². The maximum atomic E-state index is 12.3. The molecule has 1 aliphatic heterocycles. The SMILES string of the molecule is O=C(Nc1cccc(I)c1)c1cc(N2CCCC2)ccn1. The normalized spacial score (nSPS) is 14.2. The van der Waals surface area contributed by atoms with Gasteiger partial charge in [0.25, 0.3) is 5.91 Å². The number of hydrogen-bond donors (Lipinski definition) is 1. The molecule has 1 saturated heterocycles. The van der Waals surface area contributed by atoms with Crippen LogP contribution < -0.4 is 10.2 Å². The van der Waals surface area contributed by atoms with E-state index in [1.54, 1.807) is 6.20 Å². The van der Waals surface area contributed by atoms with Gasteiger partial charge in [-0.1, -0.05) is 6.07 Å². The van der Waals surface area contributed by atoms with Gasteiger partial charge in [-0.2, -0.15) is 0 Å². The van der Waals surface area contributed by atoms with Crippen molar-refractivity contribution < 1.29 is 4.79 Å². The molecular formula is C16H16IN3O. The number of anilines is 2. The molecule has 0 spiro atoms. The van der Waals surface area contributed by atoms with Crippen LogP contribution in [-0.4, -0.2) is 24.0 Å². The Morgan fingerprint density at radius 3 is 2.76 bits per heavy atom. The zero-order valence-electron chi connectivity index (χ0n) is 11.6. The second-order valence-electron chi connectivity index (χ2n) is 5.06. The van der Waals surface area contributed by atoms with Crippen molar-refractivity contribution in [1.82, 2.24) is 4.98 Å². The summed E-state index contributed by atoms with van der Waals surface area (Å²) in [5.74, 6) is -0.168. The second kappa shape index (κ2) is 6.43. The number of rotatable bonds is 3. The molecule has 1 aromatic carbocycles. The highest BCUT2D eigenvalue weighted by Gasteiger charge is 2.15. The van der Waals surface area contributed by atoms with Crippen LogP contribution in [0.5, 0.6) is 0 Å². The Morgan fingerprint density at radius 1 is 1.19 bits per heavy atom. The van der Waals surface area contributed by atoms with Gasteiger partial charge in [-0.05, 0) is 65.8 Å². The molecule has 0 atom stereocenters. The van der Waals surface area contributed by atoms with Gasteiger partial charge in [-0.25, -0.2) is 0 Å². The van der Waals surface area contributed by atoms with Gasteiger partial charge in [0.1, 0.15) is 5.69 Å². The fourth-order valence-corrected chi connectivity index (χ4v) is 3.02. The minimum atomic E-state index is -0.168. The molecule has 0 bridgehead atoms. The Kier molecular flexibility index (Phi) is 4.38. The molecule has 21 heavy (non-hydrogen) atoms. The van der Waals surface area contributed by atoms with Gasteiger partial charge in [-0.15, -0.1) is 0 Å².